The Hall–Kier alpha value is -2.11. The third kappa shape index (κ3) is 3.32. The highest BCUT2D eigenvalue weighted by molar-refractivity contribution is 6.35. The quantitative estimate of drug-likeness (QED) is 0.892. The summed E-state index contributed by atoms with van der Waals surface area (Å²) in [6, 6.07) is 7.69. The number of carbonyl (C=O) groups excluding carboxylic acids is 1. The van der Waals surface area contributed by atoms with Crippen LogP contribution in [-0.2, 0) is 0 Å². The smallest absolute Gasteiger partial charge is 0.337 e. The third-order valence-corrected chi connectivity index (χ3v) is 3.29. The summed E-state index contributed by atoms with van der Waals surface area (Å²) in [5, 5.41) is 11.4. The van der Waals surface area contributed by atoms with Crippen molar-refractivity contribution in [3.63, 3.8) is 0 Å². The van der Waals surface area contributed by atoms with Crippen molar-refractivity contribution in [2.75, 3.05) is 5.32 Å². The first-order chi connectivity index (χ1) is 9.90. The van der Waals surface area contributed by atoms with Crippen LogP contribution in [-0.4, -0.2) is 17.0 Å². The molecule has 0 saturated heterocycles. The number of hydrogen-bond donors (Lipinski definition) is 2. The lowest BCUT2D eigenvalue weighted by Gasteiger charge is -2.10. The van der Waals surface area contributed by atoms with Crippen LogP contribution in [0.3, 0.4) is 0 Å². The fourth-order valence-electron chi connectivity index (χ4n) is 1.65. The van der Waals surface area contributed by atoms with Crippen molar-refractivity contribution in [3.05, 3.63) is 63.4 Å². The first-order valence-corrected chi connectivity index (χ1v) is 6.44. The Morgan fingerprint density at radius 1 is 1.10 bits per heavy atom. The van der Waals surface area contributed by atoms with E-state index in [1.54, 1.807) is 0 Å². The van der Waals surface area contributed by atoms with Gasteiger partial charge < -0.3 is 10.4 Å². The number of anilines is 1. The molecule has 0 aromatic heterocycles. The van der Waals surface area contributed by atoms with E-state index in [-0.39, 0.29) is 26.9 Å². The second-order valence-electron chi connectivity index (χ2n) is 4.05. The molecule has 2 N–H and O–H groups in total. The van der Waals surface area contributed by atoms with Gasteiger partial charge in [-0.05, 0) is 30.3 Å². The van der Waals surface area contributed by atoms with Crippen molar-refractivity contribution < 1.29 is 19.1 Å². The van der Waals surface area contributed by atoms with Gasteiger partial charge in [0, 0.05) is 5.56 Å². The number of nitrogens with one attached hydrogen (secondary N) is 1. The molecule has 0 saturated carbocycles. The topological polar surface area (TPSA) is 66.4 Å². The van der Waals surface area contributed by atoms with Crippen molar-refractivity contribution in [1.82, 2.24) is 0 Å². The summed E-state index contributed by atoms with van der Waals surface area (Å²) in [6.07, 6.45) is 0. The Labute approximate surface area is 129 Å². The van der Waals surface area contributed by atoms with E-state index in [1.165, 1.54) is 30.3 Å². The zero-order chi connectivity index (χ0) is 15.6. The number of para-hydroxylation sites is 1. The van der Waals surface area contributed by atoms with Crippen LogP contribution < -0.4 is 5.32 Å². The van der Waals surface area contributed by atoms with Crippen LogP contribution >= 0.6 is 23.2 Å². The number of carboxylic acids is 1. The second-order valence-corrected chi connectivity index (χ2v) is 4.86. The van der Waals surface area contributed by atoms with E-state index in [1.807, 2.05) is 0 Å². The van der Waals surface area contributed by atoms with Crippen LogP contribution in [0.15, 0.2) is 36.4 Å². The Morgan fingerprint density at radius 3 is 2.43 bits per heavy atom. The fourth-order valence-corrected chi connectivity index (χ4v) is 1.99. The summed E-state index contributed by atoms with van der Waals surface area (Å²) in [7, 11) is 0. The molecule has 0 heterocycles. The molecule has 2 aromatic carbocycles. The summed E-state index contributed by atoms with van der Waals surface area (Å²) >= 11 is 11.4. The number of benzene rings is 2. The minimum atomic E-state index is -1.24. The van der Waals surface area contributed by atoms with E-state index in [2.05, 4.69) is 5.32 Å². The maximum Gasteiger partial charge on any atom is 0.337 e. The lowest BCUT2D eigenvalue weighted by molar-refractivity contribution is 0.0698. The van der Waals surface area contributed by atoms with Gasteiger partial charge >= 0.3 is 5.97 Å². The molecule has 0 spiro atoms. The second kappa shape index (κ2) is 6.11. The average Bonchev–Trinajstić information content (AvgIpc) is 2.43. The molecule has 0 aliphatic carbocycles. The van der Waals surface area contributed by atoms with Crippen LogP contribution in [0.2, 0.25) is 10.0 Å². The summed E-state index contributed by atoms with van der Waals surface area (Å²) in [5.74, 6) is -2.68. The number of rotatable bonds is 3. The first-order valence-electron chi connectivity index (χ1n) is 5.68. The van der Waals surface area contributed by atoms with E-state index >= 15 is 0 Å². The Kier molecular flexibility index (Phi) is 4.45. The number of halogens is 3. The van der Waals surface area contributed by atoms with Crippen LogP contribution in [0, 0.1) is 5.82 Å². The monoisotopic (exact) mass is 327 g/mol. The molecular formula is C14H8Cl2FNO3. The molecule has 0 radical (unpaired) electrons. The molecule has 108 valence electrons. The van der Waals surface area contributed by atoms with Gasteiger partial charge in [-0.25, -0.2) is 9.18 Å². The van der Waals surface area contributed by atoms with Gasteiger partial charge in [0.25, 0.3) is 5.91 Å². The molecule has 0 atom stereocenters. The molecule has 7 heteroatoms. The SMILES string of the molecule is O=C(Nc1c(Cl)cccc1C(=O)O)c1ccc(Cl)c(F)c1. The number of hydrogen-bond acceptors (Lipinski definition) is 2. The van der Waals surface area contributed by atoms with E-state index in [9.17, 15) is 14.0 Å². The van der Waals surface area contributed by atoms with Crippen molar-refractivity contribution >= 4 is 40.8 Å². The normalized spacial score (nSPS) is 10.2. The Bertz CT molecular complexity index is 734. The van der Waals surface area contributed by atoms with E-state index < -0.39 is 17.7 Å². The highest BCUT2D eigenvalue weighted by atomic mass is 35.5. The van der Waals surface area contributed by atoms with Gasteiger partial charge in [0.15, 0.2) is 0 Å². The predicted octanol–water partition coefficient (Wildman–Crippen LogP) is 4.08. The van der Waals surface area contributed by atoms with Gasteiger partial charge in [-0.15, -0.1) is 0 Å². The highest BCUT2D eigenvalue weighted by Gasteiger charge is 2.17. The molecule has 0 fully saturated rings. The number of aromatic carboxylic acids is 1. The van der Waals surface area contributed by atoms with Crippen LogP contribution in [0.1, 0.15) is 20.7 Å². The molecule has 2 aromatic rings. The van der Waals surface area contributed by atoms with Gasteiger partial charge in [0.05, 0.1) is 21.3 Å². The maximum absolute atomic E-state index is 13.3. The van der Waals surface area contributed by atoms with Crippen molar-refractivity contribution in [2.24, 2.45) is 0 Å². The van der Waals surface area contributed by atoms with Crippen LogP contribution in [0.25, 0.3) is 0 Å². The zero-order valence-electron chi connectivity index (χ0n) is 10.4. The molecule has 1 amide bonds. The number of carbonyl (C=O) groups is 2. The summed E-state index contributed by atoms with van der Waals surface area (Å²) in [6.45, 7) is 0. The van der Waals surface area contributed by atoms with E-state index in [0.29, 0.717) is 0 Å². The summed E-state index contributed by atoms with van der Waals surface area (Å²) in [5.41, 5.74) is -0.217. The van der Waals surface area contributed by atoms with Gasteiger partial charge in [-0.1, -0.05) is 29.3 Å². The third-order valence-electron chi connectivity index (χ3n) is 2.66. The lowest BCUT2D eigenvalue weighted by Crippen LogP contribution is -2.15. The molecule has 21 heavy (non-hydrogen) atoms. The number of carboxylic acid groups (broad SMARTS) is 1. The molecule has 0 unspecified atom stereocenters. The van der Waals surface area contributed by atoms with Crippen molar-refractivity contribution in [3.8, 4) is 0 Å². The Morgan fingerprint density at radius 2 is 1.81 bits per heavy atom. The Balaban J connectivity index is 2.36. The van der Waals surface area contributed by atoms with Gasteiger partial charge in [-0.2, -0.15) is 0 Å². The average molecular weight is 328 g/mol. The lowest BCUT2D eigenvalue weighted by atomic mass is 10.1. The van der Waals surface area contributed by atoms with Gasteiger partial charge in [-0.3, -0.25) is 4.79 Å². The molecule has 4 nitrogen and oxygen atoms in total. The minimum absolute atomic E-state index is 0.00633. The van der Waals surface area contributed by atoms with Crippen LogP contribution in [0.5, 0.6) is 0 Å². The molecule has 0 bridgehead atoms. The highest BCUT2D eigenvalue weighted by Crippen LogP contribution is 2.27. The molecule has 0 aliphatic rings. The van der Waals surface area contributed by atoms with Gasteiger partial charge in [0.1, 0.15) is 5.82 Å². The zero-order valence-corrected chi connectivity index (χ0v) is 11.9. The van der Waals surface area contributed by atoms with Crippen molar-refractivity contribution in [2.45, 2.75) is 0 Å². The summed E-state index contributed by atoms with van der Waals surface area (Å²) in [4.78, 5) is 23.1. The molecule has 2 rings (SSSR count). The van der Waals surface area contributed by atoms with Crippen molar-refractivity contribution in [1.29, 1.82) is 0 Å². The van der Waals surface area contributed by atoms with Gasteiger partial charge in [0.2, 0.25) is 0 Å². The van der Waals surface area contributed by atoms with E-state index in [4.69, 9.17) is 28.3 Å². The maximum atomic E-state index is 13.3. The first kappa shape index (κ1) is 15.3. The molecular weight excluding hydrogens is 320 g/mol. The number of amides is 1. The summed E-state index contributed by atoms with van der Waals surface area (Å²) < 4.78 is 13.3. The minimum Gasteiger partial charge on any atom is -0.478 e. The predicted molar refractivity (Wildman–Crippen MR) is 77.8 cm³/mol. The molecule has 0 aliphatic heterocycles. The standard InChI is InChI=1S/C14H8Cl2FNO3/c15-9-5-4-7(6-11(9)17)13(19)18-12-8(14(20)21)2-1-3-10(12)16/h1-6H,(H,18,19)(H,20,21). The largest absolute Gasteiger partial charge is 0.478 e. The van der Waals surface area contributed by atoms with Crippen LogP contribution in [0.4, 0.5) is 10.1 Å². The fraction of sp³-hybridized carbons (Fsp3) is 0. The van der Waals surface area contributed by atoms with E-state index in [0.717, 1.165) is 6.07 Å².